The van der Waals surface area contributed by atoms with Crippen molar-refractivity contribution in [1.29, 1.82) is 0 Å². The zero-order valence-corrected chi connectivity index (χ0v) is 10.3. The molecule has 0 radical (unpaired) electrons. The van der Waals surface area contributed by atoms with E-state index in [1.807, 2.05) is 0 Å². The molecule has 0 saturated carbocycles. The van der Waals surface area contributed by atoms with Gasteiger partial charge < -0.3 is 5.11 Å². The minimum absolute atomic E-state index is 0.371. The van der Waals surface area contributed by atoms with Gasteiger partial charge in [-0.25, -0.2) is 13.2 Å². The van der Waals surface area contributed by atoms with Gasteiger partial charge in [0, 0.05) is 7.05 Å². The van der Waals surface area contributed by atoms with Crippen LogP contribution in [-0.2, 0) is 15.0 Å². The zero-order chi connectivity index (χ0) is 14.8. The second-order valence-corrected chi connectivity index (χ2v) is 5.26. The number of nitrogens with zero attached hydrogens (tertiary/aromatic N) is 1. The van der Waals surface area contributed by atoms with Crippen LogP contribution in [0.5, 0.6) is 0 Å². The average Bonchev–Trinajstić information content (AvgIpc) is 2.29. The minimum atomic E-state index is -4.39. The molecule has 0 bridgehead atoms. The molecule has 0 amide bonds. The van der Waals surface area contributed by atoms with E-state index in [2.05, 4.69) is 0 Å². The normalized spacial score (nSPS) is 11.6. The molecule has 1 rings (SSSR count). The van der Waals surface area contributed by atoms with Crippen LogP contribution >= 0.6 is 0 Å². The zero-order valence-electron chi connectivity index (χ0n) is 9.52. The smallest absolute Gasteiger partial charge is 0.318 e. The Bertz CT molecular complexity index is 606. The number of carboxylic acid groups (broad SMARTS) is 1. The number of benzene rings is 1. The number of carbonyl (C=O) groups is 1. The monoisotopic (exact) mass is 298 g/mol. The molecule has 0 unspecified atom stereocenters. The molecule has 0 aromatic heterocycles. The molecule has 0 saturated heterocycles. The lowest BCUT2D eigenvalue weighted by molar-refractivity contribution is -0.137. The first-order valence-electron chi connectivity index (χ1n) is 4.74. The van der Waals surface area contributed by atoms with Gasteiger partial charge in [-0.15, -0.1) is 0 Å². The van der Waals surface area contributed by atoms with Crippen LogP contribution < -0.4 is 4.72 Å². The van der Waals surface area contributed by atoms with Crippen molar-refractivity contribution in [3.8, 4) is 0 Å². The molecule has 106 valence electrons. The van der Waals surface area contributed by atoms with Gasteiger partial charge in [-0.1, -0.05) is 0 Å². The molecule has 19 heavy (non-hydrogen) atoms. The number of hydrogen-bond donors (Lipinski definition) is 2. The fraction of sp³-hybridized carbons (Fsp3) is 0.222. The Hall–Kier alpha value is -1.81. The first-order valence-corrected chi connectivity index (χ1v) is 6.18. The standard InChI is InChI=1S/C9H9F3N2O4S/c1-14(4-7(15)16)19(17,18)13-6-3-2-5(10)8(11)9(6)12/h2-3,13H,4H2,1H3,(H,15,16). The van der Waals surface area contributed by atoms with Crippen LogP contribution in [0.15, 0.2) is 12.1 Å². The summed E-state index contributed by atoms with van der Waals surface area (Å²) in [6, 6.07) is 1.22. The van der Waals surface area contributed by atoms with Gasteiger partial charge in [-0.3, -0.25) is 9.52 Å². The van der Waals surface area contributed by atoms with Gasteiger partial charge in [-0.2, -0.15) is 12.7 Å². The number of halogens is 3. The molecular weight excluding hydrogens is 289 g/mol. The molecule has 0 spiro atoms. The molecule has 0 atom stereocenters. The molecule has 1 aromatic rings. The van der Waals surface area contributed by atoms with Gasteiger partial charge >= 0.3 is 16.2 Å². The molecular formula is C9H9F3N2O4S. The number of anilines is 1. The lowest BCUT2D eigenvalue weighted by atomic mass is 10.3. The summed E-state index contributed by atoms with van der Waals surface area (Å²) in [7, 11) is -3.46. The van der Waals surface area contributed by atoms with Crippen LogP contribution in [0.25, 0.3) is 0 Å². The van der Waals surface area contributed by atoms with E-state index >= 15 is 0 Å². The van der Waals surface area contributed by atoms with Crippen LogP contribution in [0.4, 0.5) is 18.9 Å². The third-order valence-corrected chi connectivity index (χ3v) is 3.47. The Morgan fingerprint density at radius 3 is 2.42 bits per heavy atom. The molecule has 0 heterocycles. The summed E-state index contributed by atoms with van der Waals surface area (Å²) >= 11 is 0. The maximum Gasteiger partial charge on any atom is 0.318 e. The molecule has 0 fully saturated rings. The summed E-state index contributed by atoms with van der Waals surface area (Å²) in [6.45, 7) is -0.874. The number of hydrogen-bond acceptors (Lipinski definition) is 3. The first-order chi connectivity index (χ1) is 8.65. The maximum atomic E-state index is 13.2. The summed E-state index contributed by atoms with van der Waals surface area (Å²) in [5, 5.41) is 8.43. The molecule has 0 aliphatic rings. The number of carboxylic acids is 1. The van der Waals surface area contributed by atoms with Gasteiger partial charge in [0.15, 0.2) is 17.5 Å². The fourth-order valence-corrected chi connectivity index (χ4v) is 1.97. The predicted octanol–water partition coefficient (Wildman–Crippen LogP) is 0.777. The van der Waals surface area contributed by atoms with E-state index in [-0.39, 0.29) is 0 Å². The van der Waals surface area contributed by atoms with Crippen LogP contribution in [-0.4, -0.2) is 37.4 Å². The van der Waals surface area contributed by atoms with E-state index in [1.165, 1.54) is 0 Å². The summed E-state index contributed by atoms with van der Waals surface area (Å²) in [6.07, 6.45) is 0. The minimum Gasteiger partial charge on any atom is -0.480 e. The Kier molecular flexibility index (Phi) is 4.37. The van der Waals surface area contributed by atoms with Crippen molar-refractivity contribution in [3.63, 3.8) is 0 Å². The van der Waals surface area contributed by atoms with E-state index in [0.717, 1.165) is 7.05 Å². The molecule has 2 N–H and O–H groups in total. The molecule has 10 heteroatoms. The SMILES string of the molecule is CN(CC(=O)O)S(=O)(=O)Nc1ccc(F)c(F)c1F. The van der Waals surface area contributed by atoms with Crippen molar-refractivity contribution in [2.75, 3.05) is 18.3 Å². The van der Waals surface area contributed by atoms with Crippen molar-refractivity contribution in [2.45, 2.75) is 0 Å². The van der Waals surface area contributed by atoms with Crippen molar-refractivity contribution < 1.29 is 31.5 Å². The van der Waals surface area contributed by atoms with E-state index in [4.69, 9.17) is 5.11 Å². The van der Waals surface area contributed by atoms with Gasteiger partial charge in [0.25, 0.3) is 0 Å². The second-order valence-electron chi connectivity index (χ2n) is 3.48. The number of likely N-dealkylation sites (N-methyl/N-ethyl adjacent to an activating group) is 1. The highest BCUT2D eigenvalue weighted by Gasteiger charge is 2.23. The van der Waals surface area contributed by atoms with Gasteiger partial charge in [-0.05, 0) is 12.1 Å². The summed E-state index contributed by atoms with van der Waals surface area (Å²) in [5.74, 6) is -6.45. The van der Waals surface area contributed by atoms with E-state index < -0.39 is 45.9 Å². The first kappa shape index (κ1) is 15.2. The molecule has 6 nitrogen and oxygen atoms in total. The maximum absolute atomic E-state index is 13.2. The topological polar surface area (TPSA) is 86.7 Å². The number of aliphatic carboxylic acids is 1. The van der Waals surface area contributed by atoms with Crippen molar-refractivity contribution in [1.82, 2.24) is 4.31 Å². The molecule has 0 aliphatic carbocycles. The quantitative estimate of drug-likeness (QED) is 0.786. The van der Waals surface area contributed by atoms with E-state index in [1.54, 1.807) is 4.72 Å². The second kappa shape index (κ2) is 5.45. The number of rotatable bonds is 5. The largest absolute Gasteiger partial charge is 0.480 e. The van der Waals surface area contributed by atoms with Crippen LogP contribution in [0.3, 0.4) is 0 Å². The highest BCUT2D eigenvalue weighted by atomic mass is 32.2. The Morgan fingerprint density at radius 2 is 1.89 bits per heavy atom. The Balaban J connectivity index is 3.02. The van der Waals surface area contributed by atoms with E-state index in [9.17, 15) is 26.4 Å². The fourth-order valence-electron chi connectivity index (χ4n) is 1.10. The third-order valence-electron chi connectivity index (χ3n) is 2.04. The highest BCUT2D eigenvalue weighted by molar-refractivity contribution is 7.90. The summed E-state index contributed by atoms with van der Waals surface area (Å²) in [4.78, 5) is 10.4. The highest BCUT2D eigenvalue weighted by Crippen LogP contribution is 2.21. The summed E-state index contributed by atoms with van der Waals surface area (Å²) in [5.41, 5.74) is -0.823. The Morgan fingerprint density at radius 1 is 1.32 bits per heavy atom. The van der Waals surface area contributed by atoms with Gasteiger partial charge in [0.05, 0.1) is 5.69 Å². The van der Waals surface area contributed by atoms with Crippen molar-refractivity contribution in [2.24, 2.45) is 0 Å². The number of nitrogens with one attached hydrogen (secondary N) is 1. The third kappa shape index (κ3) is 3.58. The van der Waals surface area contributed by atoms with Crippen molar-refractivity contribution >= 4 is 21.9 Å². The van der Waals surface area contributed by atoms with Gasteiger partial charge in [0.1, 0.15) is 6.54 Å². The average molecular weight is 298 g/mol. The summed E-state index contributed by atoms with van der Waals surface area (Å²) < 4.78 is 63.9. The van der Waals surface area contributed by atoms with Crippen LogP contribution in [0.2, 0.25) is 0 Å². The molecule has 1 aromatic carbocycles. The van der Waals surface area contributed by atoms with Crippen molar-refractivity contribution in [3.05, 3.63) is 29.6 Å². The van der Waals surface area contributed by atoms with Gasteiger partial charge in [0.2, 0.25) is 0 Å². The predicted molar refractivity (Wildman–Crippen MR) is 59.1 cm³/mol. The lowest BCUT2D eigenvalue weighted by Gasteiger charge is -2.16. The molecule has 0 aliphatic heterocycles. The van der Waals surface area contributed by atoms with E-state index in [0.29, 0.717) is 16.4 Å². The lowest BCUT2D eigenvalue weighted by Crippen LogP contribution is -2.36. The Labute approximate surface area is 106 Å². The van der Waals surface area contributed by atoms with Crippen LogP contribution in [0.1, 0.15) is 0 Å². The van der Waals surface area contributed by atoms with Crippen LogP contribution in [0, 0.1) is 17.5 Å².